The molecule has 0 radical (unpaired) electrons. The number of hydrogen-bond acceptors (Lipinski definition) is 4. The van der Waals surface area contributed by atoms with Gasteiger partial charge in [-0.25, -0.2) is 4.98 Å². The van der Waals surface area contributed by atoms with Crippen LogP contribution in [-0.4, -0.2) is 37.0 Å². The minimum Gasteiger partial charge on any atom is -0.356 e. The molecule has 0 saturated heterocycles. The highest BCUT2D eigenvalue weighted by atomic mass is 16.1. The van der Waals surface area contributed by atoms with Crippen molar-refractivity contribution in [3.05, 3.63) is 29.6 Å². The Kier molecular flexibility index (Phi) is 5.08. The molecular formula is C14H22N6O. The molecule has 7 heteroatoms. The van der Waals surface area contributed by atoms with Gasteiger partial charge in [-0.3, -0.25) is 14.2 Å². The molecule has 0 aliphatic carbocycles. The van der Waals surface area contributed by atoms with Crippen LogP contribution in [0.4, 0.5) is 0 Å². The molecule has 1 amide bonds. The van der Waals surface area contributed by atoms with Crippen LogP contribution in [0.25, 0.3) is 0 Å². The minimum atomic E-state index is 0.0371. The van der Waals surface area contributed by atoms with Crippen molar-refractivity contribution < 1.29 is 4.79 Å². The molecule has 0 aliphatic heterocycles. The summed E-state index contributed by atoms with van der Waals surface area (Å²) >= 11 is 0. The lowest BCUT2D eigenvalue weighted by Crippen LogP contribution is -2.26. The van der Waals surface area contributed by atoms with E-state index in [0.717, 1.165) is 18.7 Å². The lowest BCUT2D eigenvalue weighted by molar-refractivity contribution is -0.121. The largest absolute Gasteiger partial charge is 0.356 e. The van der Waals surface area contributed by atoms with Gasteiger partial charge in [0.15, 0.2) is 0 Å². The third-order valence-electron chi connectivity index (χ3n) is 3.65. The van der Waals surface area contributed by atoms with Gasteiger partial charge in [0.05, 0.1) is 12.2 Å². The van der Waals surface area contributed by atoms with Crippen molar-refractivity contribution in [1.82, 2.24) is 29.9 Å². The van der Waals surface area contributed by atoms with Crippen LogP contribution >= 0.6 is 0 Å². The number of aromatic nitrogens is 5. The molecule has 0 saturated carbocycles. The summed E-state index contributed by atoms with van der Waals surface area (Å²) in [5.74, 6) is 0.0371. The van der Waals surface area contributed by atoms with Crippen molar-refractivity contribution >= 4 is 5.91 Å². The maximum atomic E-state index is 11.7. The van der Waals surface area contributed by atoms with Crippen molar-refractivity contribution in [1.29, 1.82) is 0 Å². The highest BCUT2D eigenvalue weighted by Crippen LogP contribution is 2.10. The summed E-state index contributed by atoms with van der Waals surface area (Å²) in [7, 11) is 0. The molecule has 114 valence electrons. The predicted molar refractivity (Wildman–Crippen MR) is 78.7 cm³/mol. The monoisotopic (exact) mass is 290 g/mol. The highest BCUT2D eigenvalue weighted by molar-refractivity contribution is 5.75. The number of aryl methyl sites for hydroxylation is 3. The van der Waals surface area contributed by atoms with E-state index >= 15 is 0 Å². The second-order valence-electron chi connectivity index (χ2n) is 5.13. The molecule has 1 N–H and O–H groups in total. The molecule has 2 heterocycles. The van der Waals surface area contributed by atoms with Crippen LogP contribution in [0.2, 0.25) is 0 Å². The van der Waals surface area contributed by atoms with E-state index < -0.39 is 0 Å². The van der Waals surface area contributed by atoms with Crippen LogP contribution in [0, 0.1) is 20.8 Å². The van der Waals surface area contributed by atoms with Crippen molar-refractivity contribution in [2.45, 2.75) is 46.7 Å². The van der Waals surface area contributed by atoms with E-state index in [2.05, 4.69) is 34.3 Å². The van der Waals surface area contributed by atoms with E-state index in [1.165, 1.54) is 17.6 Å². The van der Waals surface area contributed by atoms with E-state index in [1.807, 2.05) is 11.6 Å². The van der Waals surface area contributed by atoms with Gasteiger partial charge in [-0.15, -0.1) is 0 Å². The SMILES string of the molecule is Cc1nn(CCCNC(=O)CCn2cncn2)c(C)c1C. The van der Waals surface area contributed by atoms with Gasteiger partial charge in [-0.1, -0.05) is 0 Å². The molecule has 0 aromatic carbocycles. The molecule has 21 heavy (non-hydrogen) atoms. The van der Waals surface area contributed by atoms with Gasteiger partial charge in [0.1, 0.15) is 12.7 Å². The second-order valence-corrected chi connectivity index (χ2v) is 5.13. The van der Waals surface area contributed by atoms with Gasteiger partial charge in [-0.05, 0) is 32.8 Å². The van der Waals surface area contributed by atoms with Crippen LogP contribution in [0.1, 0.15) is 29.8 Å². The number of hydrogen-bond donors (Lipinski definition) is 1. The highest BCUT2D eigenvalue weighted by Gasteiger charge is 2.07. The van der Waals surface area contributed by atoms with Gasteiger partial charge in [0, 0.05) is 25.2 Å². The van der Waals surface area contributed by atoms with Crippen LogP contribution < -0.4 is 5.32 Å². The first kappa shape index (κ1) is 15.2. The van der Waals surface area contributed by atoms with E-state index in [0.29, 0.717) is 19.5 Å². The Morgan fingerprint density at radius 2 is 2.10 bits per heavy atom. The van der Waals surface area contributed by atoms with Crippen LogP contribution in [-0.2, 0) is 17.9 Å². The average molecular weight is 290 g/mol. The topological polar surface area (TPSA) is 77.6 Å². The standard InChI is InChI=1S/C14H22N6O/c1-11-12(2)18-20(13(11)3)7-4-6-16-14(21)5-8-19-10-15-9-17-19/h9-10H,4-8H2,1-3H3,(H,16,21). The summed E-state index contributed by atoms with van der Waals surface area (Å²) in [5.41, 5.74) is 3.52. The number of nitrogens with zero attached hydrogens (tertiary/aromatic N) is 5. The quantitative estimate of drug-likeness (QED) is 0.772. The maximum Gasteiger partial charge on any atom is 0.221 e. The first-order valence-corrected chi connectivity index (χ1v) is 7.17. The molecule has 0 bridgehead atoms. The number of carbonyl (C=O) groups excluding carboxylic acids is 1. The van der Waals surface area contributed by atoms with Gasteiger partial charge in [0.2, 0.25) is 5.91 Å². The number of amides is 1. The van der Waals surface area contributed by atoms with E-state index in [4.69, 9.17) is 0 Å². The number of rotatable bonds is 7. The Morgan fingerprint density at radius 3 is 2.71 bits per heavy atom. The molecule has 2 aromatic rings. The summed E-state index contributed by atoms with van der Waals surface area (Å²) in [4.78, 5) is 15.5. The molecule has 2 rings (SSSR count). The Labute approximate surface area is 124 Å². The van der Waals surface area contributed by atoms with Gasteiger partial charge >= 0.3 is 0 Å². The molecule has 0 fully saturated rings. The Hall–Kier alpha value is -2.18. The first-order chi connectivity index (χ1) is 10.1. The Balaban J connectivity index is 1.65. The lowest BCUT2D eigenvalue weighted by atomic mass is 10.2. The Bertz CT molecular complexity index is 587. The van der Waals surface area contributed by atoms with E-state index in [1.54, 1.807) is 11.0 Å². The summed E-state index contributed by atoms with van der Waals surface area (Å²) in [5, 5.41) is 11.4. The zero-order valence-electron chi connectivity index (χ0n) is 12.8. The van der Waals surface area contributed by atoms with Gasteiger partial charge in [0.25, 0.3) is 0 Å². The van der Waals surface area contributed by atoms with Crippen molar-refractivity contribution in [2.75, 3.05) is 6.54 Å². The van der Waals surface area contributed by atoms with Crippen molar-refractivity contribution in [2.24, 2.45) is 0 Å². The van der Waals surface area contributed by atoms with Crippen molar-refractivity contribution in [3.63, 3.8) is 0 Å². The lowest BCUT2D eigenvalue weighted by Gasteiger charge is -2.07. The fourth-order valence-corrected chi connectivity index (χ4v) is 2.11. The van der Waals surface area contributed by atoms with Crippen LogP contribution in [0.5, 0.6) is 0 Å². The fourth-order valence-electron chi connectivity index (χ4n) is 2.11. The fraction of sp³-hybridized carbons (Fsp3) is 0.571. The van der Waals surface area contributed by atoms with Gasteiger partial charge in [-0.2, -0.15) is 10.2 Å². The summed E-state index contributed by atoms with van der Waals surface area (Å²) in [6.07, 6.45) is 4.37. The molecule has 0 aliphatic rings. The molecular weight excluding hydrogens is 268 g/mol. The Morgan fingerprint density at radius 1 is 1.29 bits per heavy atom. The molecule has 7 nitrogen and oxygen atoms in total. The van der Waals surface area contributed by atoms with Crippen molar-refractivity contribution in [3.8, 4) is 0 Å². The molecule has 0 unspecified atom stereocenters. The normalized spacial score (nSPS) is 10.8. The summed E-state index contributed by atoms with van der Waals surface area (Å²) in [6, 6.07) is 0. The smallest absolute Gasteiger partial charge is 0.221 e. The number of carbonyl (C=O) groups is 1. The zero-order chi connectivity index (χ0) is 15.2. The minimum absolute atomic E-state index is 0.0371. The number of nitrogens with one attached hydrogen (secondary N) is 1. The molecule has 0 spiro atoms. The summed E-state index contributed by atoms with van der Waals surface area (Å²) in [6.45, 7) is 8.22. The van der Waals surface area contributed by atoms with E-state index in [-0.39, 0.29) is 5.91 Å². The summed E-state index contributed by atoms with van der Waals surface area (Å²) < 4.78 is 3.66. The predicted octanol–water partition coefficient (Wildman–Crippen LogP) is 0.996. The molecule has 2 aromatic heterocycles. The van der Waals surface area contributed by atoms with Gasteiger partial charge < -0.3 is 5.32 Å². The second kappa shape index (κ2) is 7.01. The third-order valence-corrected chi connectivity index (χ3v) is 3.65. The maximum absolute atomic E-state index is 11.7. The van der Waals surface area contributed by atoms with Crippen LogP contribution in [0.15, 0.2) is 12.7 Å². The zero-order valence-corrected chi connectivity index (χ0v) is 12.8. The average Bonchev–Trinajstić information content (AvgIpc) is 3.06. The third kappa shape index (κ3) is 4.14. The first-order valence-electron chi connectivity index (χ1n) is 7.17. The van der Waals surface area contributed by atoms with Crippen LogP contribution in [0.3, 0.4) is 0 Å². The molecule has 0 atom stereocenters. The van der Waals surface area contributed by atoms with E-state index in [9.17, 15) is 4.79 Å².